The van der Waals surface area contributed by atoms with Crippen molar-refractivity contribution in [2.45, 2.75) is 49.5 Å². The smallest absolute Gasteiger partial charge is 0.243 e. The second kappa shape index (κ2) is 6.85. The zero-order valence-corrected chi connectivity index (χ0v) is 15.9. The summed E-state index contributed by atoms with van der Waals surface area (Å²) >= 11 is 5.43. The largest absolute Gasteiger partial charge is 0.359 e. The van der Waals surface area contributed by atoms with Gasteiger partial charge in [0.2, 0.25) is 10.0 Å². The third-order valence-electron chi connectivity index (χ3n) is 5.87. The Morgan fingerprint density at radius 2 is 1.80 bits per heavy atom. The molecule has 3 aliphatic rings. The molecule has 0 amide bonds. The fourth-order valence-electron chi connectivity index (χ4n) is 4.54. The van der Waals surface area contributed by atoms with Gasteiger partial charge in [-0.25, -0.2) is 8.42 Å². The second-order valence-electron chi connectivity index (χ2n) is 7.52. The van der Waals surface area contributed by atoms with E-state index < -0.39 is 10.0 Å². The molecule has 136 valence electrons. The molecular weight excluding hydrogens is 354 g/mol. The lowest BCUT2D eigenvalue weighted by molar-refractivity contribution is 0.392. The van der Waals surface area contributed by atoms with Crippen LogP contribution in [0.5, 0.6) is 0 Å². The molecule has 0 radical (unpaired) electrons. The van der Waals surface area contributed by atoms with Crippen molar-refractivity contribution in [1.82, 2.24) is 9.62 Å². The number of anilines is 1. The van der Waals surface area contributed by atoms with Gasteiger partial charge in [0, 0.05) is 24.8 Å². The molecule has 2 bridgehead atoms. The third kappa shape index (κ3) is 3.55. The number of fused-ring (bicyclic) bond motifs is 2. The summed E-state index contributed by atoms with van der Waals surface area (Å²) in [6, 6.07) is 7.40. The van der Waals surface area contributed by atoms with Crippen LogP contribution in [-0.4, -0.2) is 37.0 Å². The van der Waals surface area contributed by atoms with E-state index in [9.17, 15) is 8.42 Å². The SMILES string of the molecule is O=S(=O)(c1ccc(NC(=S)N[C@@H]2C[C@@H]3CC[C@@H]2C3)cc1)N1CCCC1. The second-order valence-corrected chi connectivity index (χ2v) is 9.86. The van der Waals surface area contributed by atoms with Crippen molar-refractivity contribution >= 4 is 33.0 Å². The maximum Gasteiger partial charge on any atom is 0.243 e. The number of benzene rings is 1. The molecule has 1 aliphatic heterocycles. The number of nitrogens with zero attached hydrogens (tertiary/aromatic N) is 1. The van der Waals surface area contributed by atoms with Gasteiger partial charge in [-0.05, 0) is 80.4 Å². The van der Waals surface area contributed by atoms with Crippen LogP contribution in [0.25, 0.3) is 0 Å². The molecule has 3 atom stereocenters. The molecule has 0 spiro atoms. The Morgan fingerprint density at radius 1 is 1.08 bits per heavy atom. The Bertz CT molecular complexity index is 742. The average molecular weight is 380 g/mol. The van der Waals surface area contributed by atoms with Crippen LogP contribution in [0.2, 0.25) is 0 Å². The fraction of sp³-hybridized carbons (Fsp3) is 0.611. The quantitative estimate of drug-likeness (QED) is 0.788. The average Bonchev–Trinajstić information content (AvgIpc) is 3.33. The Balaban J connectivity index is 1.36. The first-order valence-corrected chi connectivity index (χ1v) is 11.0. The van der Waals surface area contributed by atoms with Crippen molar-refractivity contribution < 1.29 is 8.42 Å². The monoisotopic (exact) mass is 379 g/mol. The maximum atomic E-state index is 12.5. The summed E-state index contributed by atoms with van der Waals surface area (Å²) in [5, 5.41) is 7.26. The Kier molecular flexibility index (Phi) is 4.73. The van der Waals surface area contributed by atoms with E-state index in [1.54, 1.807) is 28.6 Å². The van der Waals surface area contributed by atoms with Crippen LogP contribution in [0.3, 0.4) is 0 Å². The Hall–Kier alpha value is -1.18. The molecule has 7 heteroatoms. The van der Waals surface area contributed by atoms with E-state index in [4.69, 9.17) is 12.2 Å². The van der Waals surface area contributed by atoms with Gasteiger partial charge in [-0.15, -0.1) is 0 Å². The first-order valence-electron chi connectivity index (χ1n) is 9.20. The van der Waals surface area contributed by atoms with Gasteiger partial charge in [0.15, 0.2) is 5.11 Å². The van der Waals surface area contributed by atoms with Crippen molar-refractivity contribution in [3.63, 3.8) is 0 Å². The summed E-state index contributed by atoms with van der Waals surface area (Å²) in [5.41, 5.74) is 0.820. The van der Waals surface area contributed by atoms with Gasteiger partial charge in [-0.1, -0.05) is 6.42 Å². The molecule has 5 nitrogen and oxygen atoms in total. The zero-order valence-electron chi connectivity index (χ0n) is 14.3. The maximum absolute atomic E-state index is 12.5. The van der Waals surface area contributed by atoms with Crippen LogP contribution in [-0.2, 0) is 10.0 Å². The number of hydrogen-bond donors (Lipinski definition) is 2. The van der Waals surface area contributed by atoms with Gasteiger partial charge in [0.1, 0.15) is 0 Å². The van der Waals surface area contributed by atoms with Crippen LogP contribution >= 0.6 is 12.2 Å². The van der Waals surface area contributed by atoms with Gasteiger partial charge < -0.3 is 10.6 Å². The zero-order chi connectivity index (χ0) is 17.4. The van der Waals surface area contributed by atoms with Gasteiger partial charge in [-0.2, -0.15) is 4.31 Å². The molecular formula is C18H25N3O2S2. The molecule has 0 unspecified atom stereocenters. The standard InChI is InChI=1S/C18H25N3O2S2/c22-25(23,21-9-1-2-10-21)16-7-5-15(6-8-16)19-18(24)20-17-12-13-3-4-14(17)11-13/h5-8,13-14,17H,1-4,9-12H2,(H2,19,20,24)/t13-,14-,17-/m1/s1. The first-order chi connectivity index (χ1) is 12.0. The molecule has 3 fully saturated rings. The number of nitrogens with one attached hydrogen (secondary N) is 2. The van der Waals surface area contributed by atoms with Gasteiger partial charge in [0.05, 0.1) is 4.90 Å². The van der Waals surface area contributed by atoms with E-state index in [1.807, 2.05) is 0 Å². The summed E-state index contributed by atoms with van der Waals surface area (Å²) in [4.78, 5) is 0.354. The molecule has 1 aromatic carbocycles. The molecule has 2 N–H and O–H groups in total. The molecule has 2 aliphatic carbocycles. The van der Waals surface area contributed by atoms with E-state index in [1.165, 1.54) is 25.7 Å². The topological polar surface area (TPSA) is 61.4 Å². The molecule has 25 heavy (non-hydrogen) atoms. The summed E-state index contributed by atoms with van der Waals surface area (Å²) < 4.78 is 26.6. The lowest BCUT2D eigenvalue weighted by Gasteiger charge is -2.24. The summed E-state index contributed by atoms with van der Waals surface area (Å²) in [5.74, 6) is 1.64. The predicted molar refractivity (Wildman–Crippen MR) is 103 cm³/mol. The molecule has 0 aromatic heterocycles. The third-order valence-corrected chi connectivity index (χ3v) is 8.00. The summed E-state index contributed by atoms with van der Waals surface area (Å²) in [6.07, 6.45) is 7.14. The summed E-state index contributed by atoms with van der Waals surface area (Å²) in [6.45, 7) is 1.25. The van der Waals surface area contributed by atoms with Gasteiger partial charge >= 0.3 is 0 Å². The Morgan fingerprint density at radius 3 is 2.40 bits per heavy atom. The lowest BCUT2D eigenvalue weighted by Crippen LogP contribution is -2.40. The predicted octanol–water partition coefficient (Wildman–Crippen LogP) is 2.95. The van der Waals surface area contributed by atoms with E-state index >= 15 is 0 Å². The minimum atomic E-state index is -3.35. The van der Waals surface area contributed by atoms with Crippen LogP contribution in [0.1, 0.15) is 38.5 Å². The lowest BCUT2D eigenvalue weighted by atomic mass is 9.96. The fourth-order valence-corrected chi connectivity index (χ4v) is 6.33. The Labute approximate surface area is 155 Å². The highest BCUT2D eigenvalue weighted by Crippen LogP contribution is 2.44. The number of sulfonamides is 1. The highest BCUT2D eigenvalue weighted by Gasteiger charge is 2.39. The van der Waals surface area contributed by atoms with Crippen LogP contribution in [0.15, 0.2) is 29.2 Å². The molecule has 1 heterocycles. The minimum absolute atomic E-state index is 0.354. The van der Waals surface area contributed by atoms with Crippen LogP contribution in [0.4, 0.5) is 5.69 Å². The number of rotatable bonds is 4. The molecule has 4 rings (SSSR count). The van der Waals surface area contributed by atoms with E-state index in [0.29, 0.717) is 29.1 Å². The minimum Gasteiger partial charge on any atom is -0.359 e. The van der Waals surface area contributed by atoms with Crippen molar-refractivity contribution in [3.05, 3.63) is 24.3 Å². The first kappa shape index (κ1) is 17.2. The van der Waals surface area contributed by atoms with Crippen molar-refractivity contribution in [2.24, 2.45) is 11.8 Å². The molecule has 2 saturated carbocycles. The van der Waals surface area contributed by atoms with Crippen molar-refractivity contribution in [1.29, 1.82) is 0 Å². The van der Waals surface area contributed by atoms with E-state index in [2.05, 4.69) is 10.6 Å². The van der Waals surface area contributed by atoms with E-state index in [0.717, 1.165) is 30.4 Å². The highest BCUT2D eigenvalue weighted by atomic mass is 32.2. The van der Waals surface area contributed by atoms with E-state index in [-0.39, 0.29) is 0 Å². The van der Waals surface area contributed by atoms with Crippen LogP contribution in [0, 0.1) is 11.8 Å². The summed E-state index contributed by atoms with van der Waals surface area (Å²) in [7, 11) is -3.35. The van der Waals surface area contributed by atoms with Gasteiger partial charge in [0.25, 0.3) is 0 Å². The number of hydrogen-bond acceptors (Lipinski definition) is 3. The van der Waals surface area contributed by atoms with Crippen molar-refractivity contribution in [3.8, 4) is 0 Å². The van der Waals surface area contributed by atoms with Crippen LogP contribution < -0.4 is 10.6 Å². The molecule has 1 saturated heterocycles. The molecule has 1 aromatic rings. The number of thiocarbonyl (C=S) groups is 1. The highest BCUT2D eigenvalue weighted by molar-refractivity contribution is 7.89. The van der Waals surface area contributed by atoms with Gasteiger partial charge in [-0.3, -0.25) is 0 Å². The van der Waals surface area contributed by atoms with Crippen molar-refractivity contribution in [2.75, 3.05) is 18.4 Å². The normalized spacial score (nSPS) is 29.0.